The smallest absolute Gasteiger partial charge is 0.179 e. The molecule has 0 spiro atoms. The minimum atomic E-state index is -0.0660. The van der Waals surface area contributed by atoms with Crippen molar-refractivity contribution in [2.24, 2.45) is 5.92 Å². The summed E-state index contributed by atoms with van der Waals surface area (Å²) in [5.74, 6) is 0.344. The van der Waals surface area contributed by atoms with Crippen LogP contribution in [0.3, 0.4) is 0 Å². The maximum absolute atomic E-state index is 10.7. The Labute approximate surface area is 66.4 Å². The van der Waals surface area contributed by atoms with E-state index in [4.69, 9.17) is 11.6 Å². The van der Waals surface area contributed by atoms with Crippen LogP contribution >= 0.6 is 11.6 Å². The zero-order valence-electron chi connectivity index (χ0n) is 6.17. The molecule has 0 atom stereocenters. The van der Waals surface area contributed by atoms with Crippen LogP contribution < -0.4 is 0 Å². The summed E-state index contributed by atoms with van der Waals surface area (Å²) in [5, 5.41) is 0. The Morgan fingerprint density at radius 1 is 1.40 bits per heavy atom. The van der Waals surface area contributed by atoms with E-state index < -0.39 is 0 Å². The number of carbonyl (C=O) groups is 1. The molecule has 0 saturated heterocycles. The molecule has 0 aliphatic carbocycles. The van der Waals surface area contributed by atoms with Gasteiger partial charge in [0, 0.05) is 5.54 Å². The molecule has 10 heavy (non-hydrogen) atoms. The van der Waals surface area contributed by atoms with Crippen molar-refractivity contribution in [2.75, 3.05) is 0 Å². The van der Waals surface area contributed by atoms with Crippen LogP contribution in [-0.4, -0.2) is 5.78 Å². The van der Waals surface area contributed by atoms with E-state index in [0.717, 1.165) is 0 Å². The van der Waals surface area contributed by atoms with Crippen molar-refractivity contribution < 1.29 is 4.79 Å². The van der Waals surface area contributed by atoms with E-state index >= 15 is 0 Å². The molecule has 0 N–H and O–H groups in total. The fourth-order valence-corrected chi connectivity index (χ4v) is 0.529. The molecule has 0 aromatic rings. The SMILES string of the molecule is CC(C)/C=C/C(=O)/C=C/Cl. The fraction of sp³-hybridized carbons (Fsp3) is 0.375. The number of hydrogen-bond acceptors (Lipinski definition) is 1. The lowest BCUT2D eigenvalue weighted by Gasteiger charge is -1.89. The van der Waals surface area contributed by atoms with Crippen molar-refractivity contribution in [1.82, 2.24) is 0 Å². The Morgan fingerprint density at radius 3 is 2.40 bits per heavy atom. The molecule has 0 saturated carbocycles. The second-order valence-electron chi connectivity index (χ2n) is 2.30. The topological polar surface area (TPSA) is 17.1 Å². The molecular weight excluding hydrogens is 148 g/mol. The van der Waals surface area contributed by atoms with Gasteiger partial charge in [-0.15, -0.1) is 0 Å². The highest BCUT2D eigenvalue weighted by atomic mass is 35.5. The number of hydrogen-bond donors (Lipinski definition) is 0. The van der Waals surface area contributed by atoms with Gasteiger partial charge in [-0.3, -0.25) is 4.79 Å². The van der Waals surface area contributed by atoms with Crippen LogP contribution in [0.1, 0.15) is 13.8 Å². The first-order chi connectivity index (χ1) is 4.66. The zero-order chi connectivity index (χ0) is 7.98. The molecule has 0 aliphatic heterocycles. The first-order valence-electron chi connectivity index (χ1n) is 3.15. The summed E-state index contributed by atoms with van der Waals surface area (Å²) >= 11 is 5.18. The first kappa shape index (κ1) is 9.44. The van der Waals surface area contributed by atoms with Crippen molar-refractivity contribution in [1.29, 1.82) is 0 Å². The van der Waals surface area contributed by atoms with Crippen LogP contribution in [0.2, 0.25) is 0 Å². The lowest BCUT2D eigenvalue weighted by Crippen LogP contribution is -1.86. The number of rotatable bonds is 3. The molecule has 0 aromatic heterocycles. The largest absolute Gasteiger partial charge is 0.290 e. The Balaban J connectivity index is 3.78. The summed E-state index contributed by atoms with van der Waals surface area (Å²) in [7, 11) is 0. The van der Waals surface area contributed by atoms with Gasteiger partial charge in [-0.2, -0.15) is 0 Å². The van der Waals surface area contributed by atoms with E-state index in [-0.39, 0.29) is 5.78 Å². The maximum Gasteiger partial charge on any atom is 0.179 e. The van der Waals surface area contributed by atoms with Gasteiger partial charge in [0.25, 0.3) is 0 Å². The van der Waals surface area contributed by atoms with Gasteiger partial charge in [-0.1, -0.05) is 31.5 Å². The Kier molecular flexibility index (Phi) is 4.95. The van der Waals surface area contributed by atoms with Crippen molar-refractivity contribution in [2.45, 2.75) is 13.8 Å². The van der Waals surface area contributed by atoms with Crippen LogP contribution in [0.15, 0.2) is 23.8 Å². The second kappa shape index (κ2) is 5.24. The summed E-state index contributed by atoms with van der Waals surface area (Å²) in [6.45, 7) is 4.02. The van der Waals surface area contributed by atoms with Crippen LogP contribution in [0.5, 0.6) is 0 Å². The summed E-state index contributed by atoms with van der Waals surface area (Å²) in [6.07, 6.45) is 4.67. The molecule has 0 amide bonds. The summed E-state index contributed by atoms with van der Waals surface area (Å²) in [4.78, 5) is 10.7. The Hall–Kier alpha value is -0.560. The Bertz CT molecular complexity index is 157. The first-order valence-corrected chi connectivity index (χ1v) is 3.59. The molecule has 56 valence electrons. The van der Waals surface area contributed by atoms with E-state index in [1.807, 2.05) is 19.9 Å². The molecule has 0 bridgehead atoms. The third-order valence-corrected chi connectivity index (χ3v) is 0.999. The van der Waals surface area contributed by atoms with Crippen LogP contribution in [-0.2, 0) is 4.79 Å². The lowest BCUT2D eigenvalue weighted by atomic mass is 10.2. The van der Waals surface area contributed by atoms with Crippen LogP contribution in [0.25, 0.3) is 0 Å². The minimum Gasteiger partial charge on any atom is -0.290 e. The monoisotopic (exact) mass is 158 g/mol. The molecular formula is C8H11ClO. The number of halogens is 1. The summed E-state index contributed by atoms with van der Waals surface area (Å²) in [5.41, 5.74) is 1.22. The molecule has 0 unspecified atom stereocenters. The van der Waals surface area contributed by atoms with Gasteiger partial charge in [0.1, 0.15) is 0 Å². The van der Waals surface area contributed by atoms with Crippen molar-refractivity contribution in [3.63, 3.8) is 0 Å². The van der Waals surface area contributed by atoms with E-state index in [0.29, 0.717) is 5.92 Å². The molecule has 0 fully saturated rings. The maximum atomic E-state index is 10.7. The highest BCUT2D eigenvalue weighted by molar-refractivity contribution is 6.27. The number of ketones is 1. The Morgan fingerprint density at radius 2 is 2.00 bits per heavy atom. The molecule has 0 aliphatic rings. The molecule has 2 heteroatoms. The van der Waals surface area contributed by atoms with E-state index in [1.165, 1.54) is 17.7 Å². The quantitative estimate of drug-likeness (QED) is 0.577. The molecule has 0 rings (SSSR count). The van der Waals surface area contributed by atoms with E-state index in [9.17, 15) is 4.79 Å². The van der Waals surface area contributed by atoms with Gasteiger partial charge in [0.15, 0.2) is 5.78 Å². The molecule has 0 radical (unpaired) electrons. The molecule has 0 heterocycles. The third kappa shape index (κ3) is 5.57. The van der Waals surface area contributed by atoms with Crippen molar-refractivity contribution in [3.05, 3.63) is 23.8 Å². The van der Waals surface area contributed by atoms with Gasteiger partial charge in [-0.25, -0.2) is 0 Å². The normalized spacial score (nSPS) is 12.0. The van der Waals surface area contributed by atoms with Crippen molar-refractivity contribution in [3.8, 4) is 0 Å². The summed E-state index contributed by atoms with van der Waals surface area (Å²) in [6, 6.07) is 0. The zero-order valence-corrected chi connectivity index (χ0v) is 6.93. The standard InChI is InChI=1S/C8H11ClO/c1-7(2)3-4-8(10)5-6-9/h3-7H,1-2H3/b4-3+,6-5+. The van der Waals surface area contributed by atoms with E-state index in [1.54, 1.807) is 0 Å². The van der Waals surface area contributed by atoms with Gasteiger partial charge in [-0.05, 0) is 18.1 Å². The number of allylic oxidation sites excluding steroid dienone is 3. The minimum absolute atomic E-state index is 0.0660. The second-order valence-corrected chi connectivity index (χ2v) is 2.55. The van der Waals surface area contributed by atoms with Crippen LogP contribution in [0.4, 0.5) is 0 Å². The molecule has 0 aromatic carbocycles. The predicted molar refractivity (Wildman–Crippen MR) is 44.0 cm³/mol. The van der Waals surface area contributed by atoms with Crippen LogP contribution in [0, 0.1) is 5.92 Å². The average Bonchev–Trinajstić information content (AvgIpc) is 1.85. The predicted octanol–water partition coefficient (Wildman–Crippen LogP) is 2.52. The van der Waals surface area contributed by atoms with Gasteiger partial charge >= 0.3 is 0 Å². The summed E-state index contributed by atoms with van der Waals surface area (Å²) < 4.78 is 0. The number of carbonyl (C=O) groups excluding carboxylic acids is 1. The average molecular weight is 159 g/mol. The highest BCUT2D eigenvalue weighted by Crippen LogP contribution is 1.94. The van der Waals surface area contributed by atoms with Gasteiger partial charge in [0.2, 0.25) is 0 Å². The molecule has 1 nitrogen and oxygen atoms in total. The van der Waals surface area contributed by atoms with E-state index in [2.05, 4.69) is 0 Å². The highest BCUT2D eigenvalue weighted by Gasteiger charge is 1.88. The fourth-order valence-electron chi connectivity index (χ4n) is 0.405. The lowest BCUT2D eigenvalue weighted by molar-refractivity contribution is -0.110. The van der Waals surface area contributed by atoms with Gasteiger partial charge in [0.05, 0.1) is 0 Å². The third-order valence-electron chi connectivity index (χ3n) is 0.873. The van der Waals surface area contributed by atoms with Crippen molar-refractivity contribution >= 4 is 17.4 Å². The van der Waals surface area contributed by atoms with Gasteiger partial charge < -0.3 is 0 Å².